The summed E-state index contributed by atoms with van der Waals surface area (Å²) in [6, 6.07) is 16.0. The second kappa shape index (κ2) is 8.63. The smallest absolute Gasteiger partial charge is 0.254 e. The van der Waals surface area contributed by atoms with Crippen LogP contribution in [0.4, 0.5) is 0 Å². The Balaban J connectivity index is 1.76. The van der Waals surface area contributed by atoms with Crippen molar-refractivity contribution in [3.8, 4) is 11.3 Å². The van der Waals surface area contributed by atoms with Gasteiger partial charge in [-0.15, -0.1) is 0 Å². The molecule has 0 N–H and O–H groups in total. The van der Waals surface area contributed by atoms with Gasteiger partial charge in [-0.3, -0.25) is 9.48 Å². The van der Waals surface area contributed by atoms with Crippen LogP contribution in [0.3, 0.4) is 0 Å². The molecule has 0 aliphatic heterocycles. The van der Waals surface area contributed by atoms with E-state index in [1.54, 1.807) is 4.90 Å². The molecular formula is C25H25BrN4O. The highest BCUT2D eigenvalue weighted by atomic mass is 79.9. The van der Waals surface area contributed by atoms with Gasteiger partial charge in [0.15, 0.2) is 0 Å². The molecule has 4 rings (SSSR count). The van der Waals surface area contributed by atoms with E-state index in [2.05, 4.69) is 47.0 Å². The molecule has 31 heavy (non-hydrogen) atoms. The summed E-state index contributed by atoms with van der Waals surface area (Å²) >= 11 is 3.53. The third-order valence-corrected chi connectivity index (χ3v) is 6.10. The molecule has 2 heterocycles. The van der Waals surface area contributed by atoms with Crippen LogP contribution in [0.1, 0.15) is 34.1 Å². The van der Waals surface area contributed by atoms with Crippen molar-refractivity contribution < 1.29 is 4.79 Å². The van der Waals surface area contributed by atoms with Crippen LogP contribution in [0.15, 0.2) is 59.2 Å². The molecule has 0 aliphatic rings. The Bertz CT molecular complexity index is 1260. The Labute approximate surface area is 190 Å². The molecule has 0 radical (unpaired) electrons. The number of nitrogens with zero attached hydrogens (tertiary/aromatic N) is 4. The number of benzene rings is 2. The molecular weight excluding hydrogens is 452 g/mol. The van der Waals surface area contributed by atoms with Gasteiger partial charge in [0.05, 0.1) is 23.0 Å². The molecule has 5 nitrogen and oxygen atoms in total. The predicted octanol–water partition coefficient (Wildman–Crippen LogP) is 5.77. The molecule has 0 saturated carbocycles. The average Bonchev–Trinajstić information content (AvgIpc) is 3.12. The summed E-state index contributed by atoms with van der Waals surface area (Å²) in [7, 11) is 1.83. The van der Waals surface area contributed by atoms with Crippen molar-refractivity contribution in [2.45, 2.75) is 33.9 Å². The first-order valence-electron chi connectivity index (χ1n) is 10.3. The molecule has 0 atom stereocenters. The summed E-state index contributed by atoms with van der Waals surface area (Å²) in [5.41, 5.74) is 6.56. The number of carbonyl (C=O) groups excluding carboxylic acids is 1. The molecule has 6 heteroatoms. The van der Waals surface area contributed by atoms with Crippen LogP contribution < -0.4 is 0 Å². The molecule has 0 fully saturated rings. The Morgan fingerprint density at radius 3 is 2.52 bits per heavy atom. The number of aromatic nitrogens is 3. The van der Waals surface area contributed by atoms with E-state index in [4.69, 9.17) is 4.98 Å². The minimum absolute atomic E-state index is 0.0393. The zero-order valence-electron chi connectivity index (χ0n) is 18.2. The van der Waals surface area contributed by atoms with Crippen LogP contribution in [-0.4, -0.2) is 32.6 Å². The fourth-order valence-corrected chi connectivity index (χ4v) is 4.10. The third-order valence-electron chi connectivity index (χ3n) is 5.61. The van der Waals surface area contributed by atoms with Crippen molar-refractivity contribution in [2.24, 2.45) is 0 Å². The van der Waals surface area contributed by atoms with Crippen molar-refractivity contribution in [1.82, 2.24) is 19.7 Å². The van der Waals surface area contributed by atoms with Crippen molar-refractivity contribution in [2.75, 3.05) is 7.05 Å². The van der Waals surface area contributed by atoms with Gasteiger partial charge in [0.2, 0.25) is 0 Å². The van der Waals surface area contributed by atoms with Gasteiger partial charge in [-0.25, -0.2) is 4.98 Å². The fourth-order valence-electron chi connectivity index (χ4n) is 3.74. The lowest BCUT2D eigenvalue weighted by Gasteiger charge is -2.19. The molecule has 158 valence electrons. The number of pyridine rings is 1. The first-order chi connectivity index (χ1) is 14.9. The van der Waals surface area contributed by atoms with Crippen LogP contribution in [-0.2, 0) is 13.1 Å². The zero-order chi connectivity index (χ0) is 22.1. The third kappa shape index (κ3) is 4.26. The van der Waals surface area contributed by atoms with E-state index in [1.807, 2.05) is 61.2 Å². The quantitative estimate of drug-likeness (QED) is 0.367. The van der Waals surface area contributed by atoms with Crippen LogP contribution in [0, 0.1) is 13.8 Å². The van der Waals surface area contributed by atoms with Gasteiger partial charge in [-0.2, -0.15) is 5.10 Å². The number of aryl methyl sites for hydroxylation is 2. The summed E-state index contributed by atoms with van der Waals surface area (Å²) in [4.78, 5) is 20.1. The topological polar surface area (TPSA) is 51.0 Å². The van der Waals surface area contributed by atoms with Crippen LogP contribution in [0.25, 0.3) is 22.2 Å². The van der Waals surface area contributed by atoms with Crippen molar-refractivity contribution >= 4 is 32.7 Å². The molecule has 0 bridgehead atoms. The number of rotatable bonds is 5. The highest BCUT2D eigenvalue weighted by Gasteiger charge is 2.19. The molecule has 2 aromatic heterocycles. The SMILES string of the molecule is CCn1ncc(CN(C)C(=O)c2cc(-c3ccc(C)cc3)nc3ccc(Br)cc23)c1C. The van der Waals surface area contributed by atoms with Gasteiger partial charge in [-0.1, -0.05) is 45.8 Å². The number of fused-ring (bicyclic) bond motifs is 1. The van der Waals surface area contributed by atoms with Gasteiger partial charge < -0.3 is 4.90 Å². The molecule has 2 aromatic carbocycles. The maximum absolute atomic E-state index is 13.6. The largest absolute Gasteiger partial charge is 0.337 e. The van der Waals surface area contributed by atoms with Gasteiger partial charge in [0, 0.05) is 46.8 Å². The standard InChI is InChI=1S/C25H25BrN4O/c1-5-30-17(3)19(14-27-30)15-29(4)25(31)22-13-24(18-8-6-16(2)7-9-18)28-23-11-10-20(26)12-21(22)23/h6-14H,5,15H2,1-4H3. The molecule has 1 amide bonds. The first kappa shape index (κ1) is 21.2. The number of amides is 1. The van der Waals surface area contributed by atoms with E-state index < -0.39 is 0 Å². The number of carbonyl (C=O) groups is 1. The second-order valence-electron chi connectivity index (χ2n) is 7.81. The Hall–Kier alpha value is -2.99. The Morgan fingerprint density at radius 2 is 1.84 bits per heavy atom. The number of halogens is 1. The van der Waals surface area contributed by atoms with Gasteiger partial charge in [-0.05, 0) is 45.0 Å². The monoisotopic (exact) mass is 476 g/mol. The zero-order valence-corrected chi connectivity index (χ0v) is 19.8. The summed E-state index contributed by atoms with van der Waals surface area (Å²) < 4.78 is 2.86. The molecule has 0 saturated heterocycles. The molecule has 0 spiro atoms. The van der Waals surface area contributed by atoms with Crippen molar-refractivity contribution in [3.63, 3.8) is 0 Å². The van der Waals surface area contributed by atoms with Gasteiger partial charge in [0.1, 0.15) is 0 Å². The highest BCUT2D eigenvalue weighted by molar-refractivity contribution is 9.10. The first-order valence-corrected chi connectivity index (χ1v) is 11.1. The van der Waals surface area contributed by atoms with Gasteiger partial charge >= 0.3 is 0 Å². The van der Waals surface area contributed by atoms with Crippen molar-refractivity contribution in [1.29, 1.82) is 0 Å². The maximum Gasteiger partial charge on any atom is 0.254 e. The summed E-state index contributed by atoms with van der Waals surface area (Å²) in [5.74, 6) is -0.0393. The average molecular weight is 477 g/mol. The lowest BCUT2D eigenvalue weighted by molar-refractivity contribution is 0.0787. The fraction of sp³-hybridized carbons (Fsp3) is 0.240. The number of hydrogen-bond acceptors (Lipinski definition) is 3. The van der Waals surface area contributed by atoms with Crippen LogP contribution in [0.5, 0.6) is 0 Å². The van der Waals surface area contributed by atoms with Crippen LogP contribution >= 0.6 is 15.9 Å². The molecule has 0 aliphatic carbocycles. The highest BCUT2D eigenvalue weighted by Crippen LogP contribution is 2.28. The lowest BCUT2D eigenvalue weighted by atomic mass is 10.0. The minimum atomic E-state index is -0.0393. The Morgan fingerprint density at radius 1 is 1.10 bits per heavy atom. The van der Waals surface area contributed by atoms with E-state index in [1.165, 1.54) is 5.56 Å². The van der Waals surface area contributed by atoms with E-state index in [-0.39, 0.29) is 5.91 Å². The van der Waals surface area contributed by atoms with Crippen LogP contribution in [0.2, 0.25) is 0 Å². The maximum atomic E-state index is 13.6. The lowest BCUT2D eigenvalue weighted by Crippen LogP contribution is -2.26. The van der Waals surface area contributed by atoms with E-state index in [0.717, 1.165) is 44.4 Å². The number of hydrogen-bond donors (Lipinski definition) is 0. The summed E-state index contributed by atoms with van der Waals surface area (Å²) in [6.07, 6.45) is 1.85. The van der Waals surface area contributed by atoms with Gasteiger partial charge in [0.25, 0.3) is 5.91 Å². The molecule has 0 unspecified atom stereocenters. The van der Waals surface area contributed by atoms with E-state index in [0.29, 0.717) is 12.1 Å². The summed E-state index contributed by atoms with van der Waals surface area (Å²) in [6.45, 7) is 7.47. The van der Waals surface area contributed by atoms with E-state index in [9.17, 15) is 4.79 Å². The Kier molecular flexibility index (Phi) is 5.92. The normalized spacial score (nSPS) is 11.1. The predicted molar refractivity (Wildman–Crippen MR) is 128 cm³/mol. The summed E-state index contributed by atoms with van der Waals surface area (Å²) in [5, 5.41) is 5.24. The second-order valence-corrected chi connectivity index (χ2v) is 8.73. The minimum Gasteiger partial charge on any atom is -0.337 e. The van der Waals surface area contributed by atoms with Crippen molar-refractivity contribution in [3.05, 3.63) is 81.6 Å². The molecule has 4 aromatic rings. The van der Waals surface area contributed by atoms with E-state index >= 15 is 0 Å².